The van der Waals surface area contributed by atoms with E-state index in [1.54, 1.807) is 6.92 Å². The third-order valence-electron chi connectivity index (χ3n) is 1.06. The quantitative estimate of drug-likeness (QED) is 0.500. The van der Waals surface area contributed by atoms with Gasteiger partial charge in [-0.2, -0.15) is 0 Å². The summed E-state index contributed by atoms with van der Waals surface area (Å²) in [5.74, 6) is 0. The van der Waals surface area contributed by atoms with E-state index in [0.29, 0.717) is 6.42 Å². The summed E-state index contributed by atoms with van der Waals surface area (Å²) >= 11 is 5.40. The van der Waals surface area contributed by atoms with Crippen LogP contribution in [0.5, 0.6) is 0 Å². The van der Waals surface area contributed by atoms with Crippen molar-refractivity contribution in [2.24, 2.45) is 0 Å². The fourth-order valence-electron chi connectivity index (χ4n) is 0.520. The second-order valence-electron chi connectivity index (χ2n) is 2.39. The summed E-state index contributed by atoms with van der Waals surface area (Å²) in [5.41, 5.74) is 0.961. The van der Waals surface area contributed by atoms with Gasteiger partial charge in [-0.1, -0.05) is 5.57 Å². The van der Waals surface area contributed by atoms with E-state index in [2.05, 4.69) is 11.1 Å². The standard InChI is InChI=1S/C7H14ClO3P/c1-4-10-12(8,9)11-6-5-7(2)3/h2,4-6H2,1,3H3. The van der Waals surface area contributed by atoms with Gasteiger partial charge < -0.3 is 0 Å². The van der Waals surface area contributed by atoms with Gasteiger partial charge in [0.2, 0.25) is 0 Å². The molecule has 0 aromatic heterocycles. The highest BCUT2D eigenvalue weighted by Gasteiger charge is 2.18. The summed E-state index contributed by atoms with van der Waals surface area (Å²) in [4.78, 5) is 0. The molecule has 0 aliphatic rings. The smallest absolute Gasteiger partial charge is 0.297 e. The van der Waals surface area contributed by atoms with Crippen molar-refractivity contribution in [3.05, 3.63) is 12.2 Å². The van der Waals surface area contributed by atoms with E-state index in [4.69, 9.17) is 15.8 Å². The third-order valence-corrected chi connectivity index (χ3v) is 2.70. The Labute approximate surface area is 78.0 Å². The molecule has 0 spiro atoms. The molecule has 0 radical (unpaired) electrons. The number of halogens is 1. The van der Waals surface area contributed by atoms with E-state index in [0.717, 1.165) is 5.57 Å². The number of hydrogen-bond donors (Lipinski definition) is 0. The molecule has 0 N–H and O–H groups in total. The lowest BCUT2D eigenvalue weighted by Gasteiger charge is -2.09. The molecule has 0 bridgehead atoms. The number of rotatable bonds is 6. The van der Waals surface area contributed by atoms with E-state index in [1.165, 1.54) is 0 Å². The summed E-state index contributed by atoms with van der Waals surface area (Å²) in [6.07, 6.45) is 0.643. The highest BCUT2D eigenvalue weighted by atomic mass is 35.7. The third kappa shape index (κ3) is 6.86. The fourth-order valence-corrected chi connectivity index (χ4v) is 1.71. The predicted molar refractivity (Wildman–Crippen MR) is 50.5 cm³/mol. The Bertz CT molecular complexity index is 193. The first-order chi connectivity index (χ1) is 5.48. The molecule has 72 valence electrons. The molecule has 3 nitrogen and oxygen atoms in total. The van der Waals surface area contributed by atoms with Crippen LogP contribution in [0.25, 0.3) is 0 Å². The van der Waals surface area contributed by atoms with Crippen LogP contribution in [0.1, 0.15) is 20.3 Å². The second-order valence-corrected chi connectivity index (χ2v) is 5.01. The van der Waals surface area contributed by atoms with Crippen LogP contribution in [0.3, 0.4) is 0 Å². The van der Waals surface area contributed by atoms with Crippen molar-refractivity contribution in [2.45, 2.75) is 20.3 Å². The predicted octanol–water partition coefficient (Wildman–Crippen LogP) is 3.35. The van der Waals surface area contributed by atoms with E-state index in [1.807, 2.05) is 6.92 Å². The maximum absolute atomic E-state index is 11.1. The summed E-state index contributed by atoms with van der Waals surface area (Å²) in [7, 11) is 0. The maximum Gasteiger partial charge on any atom is 0.424 e. The molecule has 0 rings (SSSR count). The van der Waals surface area contributed by atoms with Crippen molar-refractivity contribution in [1.29, 1.82) is 0 Å². The van der Waals surface area contributed by atoms with Crippen molar-refractivity contribution in [3.8, 4) is 0 Å². The summed E-state index contributed by atoms with van der Waals surface area (Å²) < 4.78 is 20.6. The van der Waals surface area contributed by atoms with Crippen molar-refractivity contribution >= 4 is 18.2 Å². The van der Waals surface area contributed by atoms with Gasteiger partial charge in [0.15, 0.2) is 0 Å². The van der Waals surface area contributed by atoms with Gasteiger partial charge in [0, 0.05) is 11.2 Å². The van der Waals surface area contributed by atoms with Crippen molar-refractivity contribution < 1.29 is 13.6 Å². The lowest BCUT2D eigenvalue weighted by Crippen LogP contribution is -1.93. The normalized spacial score (nSPS) is 15.6. The molecule has 0 saturated carbocycles. The van der Waals surface area contributed by atoms with Crippen molar-refractivity contribution in [1.82, 2.24) is 0 Å². The zero-order chi connectivity index (χ0) is 9.61. The molecule has 1 unspecified atom stereocenters. The first-order valence-corrected chi connectivity index (χ1v) is 6.16. The first kappa shape index (κ1) is 12.2. The van der Waals surface area contributed by atoms with Gasteiger partial charge in [0.1, 0.15) is 0 Å². The molecule has 1 atom stereocenters. The molecule has 12 heavy (non-hydrogen) atoms. The van der Waals surface area contributed by atoms with E-state index >= 15 is 0 Å². The highest BCUT2D eigenvalue weighted by molar-refractivity contribution is 7.81. The summed E-state index contributed by atoms with van der Waals surface area (Å²) in [5, 5.41) is 0. The van der Waals surface area contributed by atoms with Gasteiger partial charge in [0.05, 0.1) is 13.2 Å². The average molecular weight is 213 g/mol. The van der Waals surface area contributed by atoms with Crippen LogP contribution in [-0.2, 0) is 13.6 Å². The molecule has 0 saturated heterocycles. The Morgan fingerprint density at radius 3 is 2.58 bits per heavy atom. The monoisotopic (exact) mass is 212 g/mol. The minimum absolute atomic E-state index is 0.286. The Balaban J connectivity index is 3.61. The average Bonchev–Trinajstić information content (AvgIpc) is 1.85. The van der Waals surface area contributed by atoms with Crippen LogP contribution < -0.4 is 0 Å². The number of hydrogen-bond acceptors (Lipinski definition) is 3. The zero-order valence-electron chi connectivity index (χ0n) is 7.38. The molecule has 0 aromatic rings. The highest BCUT2D eigenvalue weighted by Crippen LogP contribution is 2.53. The molecule has 0 aliphatic carbocycles. The molecular formula is C7H14ClO3P. The fraction of sp³-hybridized carbons (Fsp3) is 0.714. The molecule has 0 fully saturated rings. The zero-order valence-corrected chi connectivity index (χ0v) is 9.03. The van der Waals surface area contributed by atoms with Crippen LogP contribution in [0, 0.1) is 0 Å². The van der Waals surface area contributed by atoms with E-state index < -0.39 is 6.95 Å². The van der Waals surface area contributed by atoms with Gasteiger partial charge >= 0.3 is 6.95 Å². The molecule has 0 heterocycles. The van der Waals surface area contributed by atoms with Gasteiger partial charge in [-0.3, -0.25) is 9.05 Å². The molecule has 5 heteroatoms. The molecular weight excluding hydrogens is 199 g/mol. The summed E-state index contributed by atoms with van der Waals surface area (Å²) in [6, 6.07) is 0. The topological polar surface area (TPSA) is 35.5 Å². The maximum atomic E-state index is 11.1. The summed E-state index contributed by atoms with van der Waals surface area (Å²) in [6.45, 7) is 4.49. The minimum Gasteiger partial charge on any atom is -0.297 e. The van der Waals surface area contributed by atoms with Crippen LogP contribution in [0.2, 0.25) is 0 Å². The van der Waals surface area contributed by atoms with Gasteiger partial charge in [-0.05, 0) is 20.3 Å². The molecule has 0 amide bonds. The molecule has 0 aromatic carbocycles. The van der Waals surface area contributed by atoms with Gasteiger partial charge in [-0.15, -0.1) is 6.58 Å². The van der Waals surface area contributed by atoms with Crippen LogP contribution >= 0.6 is 18.2 Å². The van der Waals surface area contributed by atoms with Crippen molar-refractivity contribution in [3.63, 3.8) is 0 Å². The minimum atomic E-state index is -3.32. The van der Waals surface area contributed by atoms with Gasteiger partial charge in [0.25, 0.3) is 0 Å². The van der Waals surface area contributed by atoms with Crippen molar-refractivity contribution in [2.75, 3.05) is 13.2 Å². The second kappa shape index (κ2) is 5.76. The first-order valence-electron chi connectivity index (χ1n) is 3.71. The molecule has 0 aliphatic heterocycles. The van der Waals surface area contributed by atoms with Crippen LogP contribution in [-0.4, -0.2) is 13.2 Å². The largest absolute Gasteiger partial charge is 0.424 e. The van der Waals surface area contributed by atoms with Crippen LogP contribution in [0.15, 0.2) is 12.2 Å². The van der Waals surface area contributed by atoms with E-state index in [-0.39, 0.29) is 13.2 Å². The Kier molecular flexibility index (Phi) is 5.85. The lowest BCUT2D eigenvalue weighted by atomic mass is 10.3. The van der Waals surface area contributed by atoms with E-state index in [9.17, 15) is 4.57 Å². The van der Waals surface area contributed by atoms with Crippen LogP contribution in [0.4, 0.5) is 0 Å². The SMILES string of the molecule is C=C(C)CCOP(=O)(Cl)OCC. The lowest BCUT2D eigenvalue weighted by molar-refractivity contribution is 0.228. The Hall–Kier alpha value is 0.180. The Morgan fingerprint density at radius 1 is 1.58 bits per heavy atom. The Morgan fingerprint density at radius 2 is 2.17 bits per heavy atom. The van der Waals surface area contributed by atoms with Gasteiger partial charge in [-0.25, -0.2) is 4.57 Å².